The number of carbonyl (C=O) groups is 2. The van der Waals surface area contributed by atoms with Crippen LogP contribution in [0.4, 0.5) is 0 Å². The van der Waals surface area contributed by atoms with Gasteiger partial charge >= 0.3 is 0 Å². The molecular weight excluding hydrogens is 424 g/mol. The van der Waals surface area contributed by atoms with Crippen LogP contribution >= 0.6 is 0 Å². The predicted octanol–water partition coefficient (Wildman–Crippen LogP) is 1.53. The molecule has 0 saturated heterocycles. The smallest absolute Gasteiger partial charge is 0.227 e. The van der Waals surface area contributed by atoms with Crippen molar-refractivity contribution >= 4 is 23.2 Å². The summed E-state index contributed by atoms with van der Waals surface area (Å²) in [6.45, 7) is 4.27. The number of ether oxygens (including phenoxy) is 3. The van der Waals surface area contributed by atoms with Crippen LogP contribution in [0.3, 0.4) is 0 Å². The van der Waals surface area contributed by atoms with Gasteiger partial charge in [0, 0.05) is 24.2 Å². The van der Waals surface area contributed by atoms with Crippen molar-refractivity contribution in [2.75, 3.05) is 52.6 Å². The van der Waals surface area contributed by atoms with Gasteiger partial charge in [-0.3, -0.25) is 19.6 Å². The lowest BCUT2D eigenvalue weighted by Gasteiger charge is -2.09. The van der Waals surface area contributed by atoms with E-state index < -0.39 is 0 Å². The van der Waals surface area contributed by atoms with Crippen molar-refractivity contribution in [2.45, 2.75) is 0 Å². The van der Waals surface area contributed by atoms with Gasteiger partial charge in [-0.05, 0) is 48.5 Å². The number of hydrogen-bond donors (Lipinski definition) is 2. The van der Waals surface area contributed by atoms with E-state index in [0.717, 1.165) is 0 Å². The Kier molecular flexibility index (Phi) is 7.65. The topological polar surface area (TPSA) is 111 Å². The zero-order valence-corrected chi connectivity index (χ0v) is 18.2. The standard InChI is InChI=1S/C24H26N4O5/c29-21(23-25-9-10-26-23)17-1-5-19(6-2-17)32-15-13-31-14-16-33-20-7-3-18(4-8-20)22(30)24-27-11-12-28-24/h1-8H,9-16H2,(H,25,26)(H,27,28). The summed E-state index contributed by atoms with van der Waals surface area (Å²) in [4.78, 5) is 32.8. The van der Waals surface area contributed by atoms with Crippen molar-refractivity contribution in [2.24, 2.45) is 9.98 Å². The Morgan fingerprint density at radius 3 is 1.45 bits per heavy atom. The quantitative estimate of drug-likeness (QED) is 0.373. The molecule has 0 spiro atoms. The second-order valence-electron chi connectivity index (χ2n) is 7.33. The van der Waals surface area contributed by atoms with Crippen molar-refractivity contribution in [1.29, 1.82) is 0 Å². The van der Waals surface area contributed by atoms with Crippen molar-refractivity contribution < 1.29 is 23.8 Å². The molecule has 0 amide bonds. The van der Waals surface area contributed by atoms with Crippen molar-refractivity contribution in [3.05, 3.63) is 59.7 Å². The highest BCUT2D eigenvalue weighted by atomic mass is 16.5. The summed E-state index contributed by atoms with van der Waals surface area (Å²) in [6, 6.07) is 13.9. The van der Waals surface area contributed by atoms with Crippen LogP contribution in [0.1, 0.15) is 20.7 Å². The highest BCUT2D eigenvalue weighted by Gasteiger charge is 2.17. The molecule has 2 N–H and O–H groups in total. The fraction of sp³-hybridized carbons (Fsp3) is 0.333. The van der Waals surface area contributed by atoms with Crippen LogP contribution < -0.4 is 20.1 Å². The summed E-state index contributed by atoms with van der Waals surface area (Å²) in [5, 5.41) is 5.96. The van der Waals surface area contributed by atoms with Crippen LogP contribution in [-0.4, -0.2) is 75.8 Å². The van der Waals surface area contributed by atoms with E-state index in [4.69, 9.17) is 14.2 Å². The molecule has 0 unspecified atom stereocenters. The average molecular weight is 450 g/mol. The molecule has 0 radical (unpaired) electrons. The van der Waals surface area contributed by atoms with E-state index in [9.17, 15) is 9.59 Å². The molecule has 2 heterocycles. The first-order valence-corrected chi connectivity index (χ1v) is 10.9. The van der Waals surface area contributed by atoms with Crippen molar-refractivity contribution in [3.63, 3.8) is 0 Å². The Labute approximate surface area is 191 Å². The summed E-state index contributed by atoms with van der Waals surface area (Å²) in [6.07, 6.45) is 0. The monoisotopic (exact) mass is 450 g/mol. The minimum Gasteiger partial charge on any atom is -0.491 e. The highest BCUT2D eigenvalue weighted by Crippen LogP contribution is 2.14. The van der Waals surface area contributed by atoms with E-state index in [0.29, 0.717) is 86.9 Å². The molecule has 2 aromatic carbocycles. The third-order valence-electron chi connectivity index (χ3n) is 5.00. The number of rotatable bonds is 12. The van der Waals surface area contributed by atoms with Gasteiger partial charge in [-0.15, -0.1) is 0 Å². The van der Waals surface area contributed by atoms with E-state index in [1.165, 1.54) is 0 Å². The molecule has 0 fully saturated rings. The fourth-order valence-electron chi connectivity index (χ4n) is 3.32. The molecular formula is C24H26N4O5. The van der Waals surface area contributed by atoms with E-state index in [-0.39, 0.29) is 11.6 Å². The SMILES string of the molecule is O=C(C1=NCCN1)c1ccc(OCCOCCOc2ccc(C(=O)C3=NCCN3)cc2)cc1. The van der Waals surface area contributed by atoms with Gasteiger partial charge in [0.05, 0.1) is 26.3 Å². The first kappa shape index (κ1) is 22.5. The second kappa shape index (κ2) is 11.2. The largest absolute Gasteiger partial charge is 0.491 e. The third-order valence-corrected chi connectivity index (χ3v) is 5.00. The second-order valence-corrected chi connectivity index (χ2v) is 7.33. The summed E-state index contributed by atoms with van der Waals surface area (Å²) < 4.78 is 16.8. The molecule has 0 saturated carbocycles. The Morgan fingerprint density at radius 1 is 0.667 bits per heavy atom. The lowest BCUT2D eigenvalue weighted by Crippen LogP contribution is -2.27. The molecule has 0 aromatic heterocycles. The number of amidine groups is 2. The van der Waals surface area contributed by atoms with Gasteiger partial charge in [-0.1, -0.05) is 0 Å². The summed E-state index contributed by atoms with van der Waals surface area (Å²) in [5.74, 6) is 1.95. The fourth-order valence-corrected chi connectivity index (χ4v) is 3.32. The van der Waals surface area contributed by atoms with E-state index >= 15 is 0 Å². The molecule has 33 heavy (non-hydrogen) atoms. The maximum Gasteiger partial charge on any atom is 0.227 e. The molecule has 2 aliphatic rings. The number of carbonyl (C=O) groups excluding carboxylic acids is 2. The highest BCUT2D eigenvalue weighted by molar-refractivity contribution is 6.46. The number of Topliss-reactive ketones (excluding diaryl/α,β-unsaturated/α-hetero) is 2. The van der Waals surface area contributed by atoms with Crippen LogP contribution in [0.15, 0.2) is 58.5 Å². The maximum atomic E-state index is 12.2. The molecule has 172 valence electrons. The van der Waals surface area contributed by atoms with Gasteiger partial charge < -0.3 is 24.8 Å². The predicted molar refractivity (Wildman–Crippen MR) is 124 cm³/mol. The van der Waals surface area contributed by atoms with Gasteiger partial charge in [-0.25, -0.2) is 0 Å². The van der Waals surface area contributed by atoms with Crippen LogP contribution in [-0.2, 0) is 4.74 Å². The molecule has 0 atom stereocenters. The number of ketones is 2. The van der Waals surface area contributed by atoms with Gasteiger partial charge in [0.1, 0.15) is 24.7 Å². The molecule has 0 bridgehead atoms. The minimum atomic E-state index is -0.108. The Balaban J connectivity index is 1.09. The molecule has 2 aliphatic heterocycles. The van der Waals surface area contributed by atoms with Crippen LogP contribution in [0.2, 0.25) is 0 Å². The lowest BCUT2D eigenvalue weighted by molar-refractivity contribution is 0.0764. The van der Waals surface area contributed by atoms with Gasteiger partial charge in [-0.2, -0.15) is 0 Å². The molecule has 2 aromatic rings. The summed E-state index contributed by atoms with van der Waals surface area (Å²) in [5.41, 5.74) is 1.15. The molecule has 9 heteroatoms. The molecule has 9 nitrogen and oxygen atoms in total. The normalized spacial score (nSPS) is 14.7. The Bertz CT molecular complexity index is 948. The van der Waals surface area contributed by atoms with Gasteiger partial charge in [0.25, 0.3) is 0 Å². The maximum absolute atomic E-state index is 12.2. The van der Waals surface area contributed by atoms with E-state index in [1.807, 2.05) is 0 Å². The van der Waals surface area contributed by atoms with Crippen LogP contribution in [0.5, 0.6) is 11.5 Å². The van der Waals surface area contributed by atoms with Crippen molar-refractivity contribution in [3.8, 4) is 11.5 Å². The minimum absolute atomic E-state index is 0.108. The van der Waals surface area contributed by atoms with E-state index in [2.05, 4.69) is 20.6 Å². The van der Waals surface area contributed by atoms with E-state index in [1.54, 1.807) is 48.5 Å². The molecule has 0 aliphatic carbocycles. The zero-order valence-electron chi connectivity index (χ0n) is 18.2. The third kappa shape index (κ3) is 6.17. The van der Waals surface area contributed by atoms with Gasteiger partial charge in [0.2, 0.25) is 11.6 Å². The zero-order chi connectivity index (χ0) is 22.9. The van der Waals surface area contributed by atoms with Crippen LogP contribution in [0.25, 0.3) is 0 Å². The first-order chi connectivity index (χ1) is 16.2. The number of aliphatic imine (C=N–C) groups is 2. The van der Waals surface area contributed by atoms with Gasteiger partial charge in [0.15, 0.2) is 11.7 Å². The number of nitrogens with one attached hydrogen (secondary N) is 2. The number of hydrogen-bond acceptors (Lipinski definition) is 9. The average Bonchev–Trinajstić information content (AvgIpc) is 3.58. The van der Waals surface area contributed by atoms with Crippen LogP contribution in [0, 0.1) is 0 Å². The Morgan fingerprint density at radius 2 is 1.09 bits per heavy atom. The summed E-state index contributed by atoms with van der Waals surface area (Å²) in [7, 11) is 0. The summed E-state index contributed by atoms with van der Waals surface area (Å²) >= 11 is 0. The Hall–Kier alpha value is -3.72. The van der Waals surface area contributed by atoms with Crippen molar-refractivity contribution in [1.82, 2.24) is 10.6 Å². The molecule has 4 rings (SSSR count). The first-order valence-electron chi connectivity index (χ1n) is 10.9. The lowest BCUT2D eigenvalue weighted by atomic mass is 10.1. The number of benzene rings is 2. The number of nitrogens with zero attached hydrogens (tertiary/aromatic N) is 2.